The van der Waals surface area contributed by atoms with Crippen LogP contribution in [0.4, 0.5) is 5.69 Å². The number of thiazole rings is 1. The van der Waals surface area contributed by atoms with Crippen LogP contribution in [0.2, 0.25) is 0 Å². The minimum absolute atomic E-state index is 0.608. The molecule has 24 heavy (non-hydrogen) atoms. The highest BCUT2D eigenvalue weighted by Crippen LogP contribution is 2.38. The molecule has 1 heterocycles. The van der Waals surface area contributed by atoms with E-state index < -0.39 is 0 Å². The number of benzene rings is 2. The Morgan fingerprint density at radius 1 is 0.958 bits per heavy atom. The first-order chi connectivity index (χ1) is 11.6. The summed E-state index contributed by atoms with van der Waals surface area (Å²) in [4.78, 5) is 6.02. The normalized spacial score (nSPS) is 15.0. The third kappa shape index (κ3) is 2.96. The Morgan fingerprint density at radius 2 is 1.71 bits per heavy atom. The van der Waals surface area contributed by atoms with E-state index in [0.29, 0.717) is 6.04 Å². The lowest BCUT2D eigenvalue weighted by molar-refractivity contribution is 0.724. The quantitative estimate of drug-likeness (QED) is 0.584. The van der Waals surface area contributed by atoms with E-state index in [0.717, 1.165) is 10.5 Å². The van der Waals surface area contributed by atoms with Gasteiger partial charge in [-0.3, -0.25) is 0 Å². The average molecular weight is 334 g/mol. The Bertz CT molecular complexity index is 941. The number of hydrogen-bond donors (Lipinski definition) is 0. The second-order valence-corrected chi connectivity index (χ2v) is 7.59. The summed E-state index contributed by atoms with van der Waals surface area (Å²) in [6, 6.07) is 15.8. The van der Waals surface area contributed by atoms with Crippen molar-refractivity contribution in [3.8, 4) is 11.3 Å². The molecule has 0 aliphatic heterocycles. The van der Waals surface area contributed by atoms with E-state index in [-0.39, 0.29) is 0 Å². The van der Waals surface area contributed by atoms with E-state index in [2.05, 4.69) is 73.2 Å². The van der Waals surface area contributed by atoms with Crippen molar-refractivity contribution in [1.29, 1.82) is 0 Å². The van der Waals surface area contributed by atoms with Crippen LogP contribution in [0.25, 0.3) is 11.3 Å². The molecule has 1 aliphatic carbocycles. The van der Waals surface area contributed by atoms with E-state index in [9.17, 15) is 0 Å². The molecule has 0 saturated heterocycles. The third-order valence-electron chi connectivity index (χ3n) is 4.71. The maximum Gasteiger partial charge on any atom is 0.190 e. The molecule has 1 aliphatic rings. The first-order valence-electron chi connectivity index (χ1n) is 8.51. The molecule has 1 saturated carbocycles. The van der Waals surface area contributed by atoms with Crippen LogP contribution >= 0.6 is 11.3 Å². The lowest BCUT2D eigenvalue weighted by Crippen LogP contribution is -2.14. The molecule has 1 fully saturated rings. The molecule has 0 amide bonds. The fourth-order valence-electron chi connectivity index (χ4n) is 2.93. The van der Waals surface area contributed by atoms with Gasteiger partial charge >= 0.3 is 0 Å². The van der Waals surface area contributed by atoms with Gasteiger partial charge in [0.05, 0.1) is 11.4 Å². The Morgan fingerprint density at radius 3 is 2.38 bits per heavy atom. The molecule has 1 aromatic heterocycles. The van der Waals surface area contributed by atoms with Crippen molar-refractivity contribution >= 4 is 17.0 Å². The van der Waals surface area contributed by atoms with Crippen LogP contribution in [0, 0.1) is 20.8 Å². The number of hydrogen-bond acceptors (Lipinski definition) is 2. The molecule has 0 unspecified atom stereocenters. The molecule has 0 N–H and O–H groups in total. The topological polar surface area (TPSA) is 17.3 Å². The number of aryl methyl sites for hydroxylation is 3. The summed E-state index contributed by atoms with van der Waals surface area (Å²) in [6.45, 7) is 6.46. The molecule has 4 rings (SSSR count). The molecular formula is C21H22N2S. The summed E-state index contributed by atoms with van der Waals surface area (Å²) < 4.78 is 2.44. The second kappa shape index (κ2) is 6.06. The summed E-state index contributed by atoms with van der Waals surface area (Å²) in [5.74, 6) is 0. The molecule has 0 spiro atoms. The predicted molar refractivity (Wildman–Crippen MR) is 102 cm³/mol. The van der Waals surface area contributed by atoms with Gasteiger partial charge < -0.3 is 4.57 Å². The van der Waals surface area contributed by atoms with E-state index in [1.165, 1.54) is 40.8 Å². The SMILES string of the molecule is Cc1ccc(N=c2scc(-c3ccc(C)c(C)c3)n2C2CC2)cc1. The third-order valence-corrected chi connectivity index (χ3v) is 5.55. The van der Waals surface area contributed by atoms with Gasteiger partial charge in [0.2, 0.25) is 0 Å². The molecule has 2 aromatic carbocycles. The van der Waals surface area contributed by atoms with Crippen molar-refractivity contribution in [2.75, 3.05) is 0 Å². The highest BCUT2D eigenvalue weighted by Gasteiger charge is 2.27. The molecule has 2 nitrogen and oxygen atoms in total. The molecular weight excluding hydrogens is 312 g/mol. The first kappa shape index (κ1) is 15.4. The fourth-order valence-corrected chi connectivity index (χ4v) is 3.91. The molecule has 0 bridgehead atoms. The maximum absolute atomic E-state index is 4.91. The van der Waals surface area contributed by atoms with Crippen molar-refractivity contribution in [1.82, 2.24) is 4.57 Å². The van der Waals surface area contributed by atoms with Crippen LogP contribution in [0.3, 0.4) is 0 Å². The van der Waals surface area contributed by atoms with E-state index in [1.54, 1.807) is 11.3 Å². The minimum Gasteiger partial charge on any atom is -0.313 e. The van der Waals surface area contributed by atoms with Gasteiger partial charge in [-0.15, -0.1) is 11.3 Å². The number of rotatable bonds is 3. The lowest BCUT2D eigenvalue weighted by Gasteiger charge is -2.09. The van der Waals surface area contributed by atoms with Crippen molar-refractivity contribution in [3.63, 3.8) is 0 Å². The van der Waals surface area contributed by atoms with Crippen LogP contribution in [0.1, 0.15) is 35.6 Å². The Hall–Kier alpha value is -2.13. The summed E-state index contributed by atoms with van der Waals surface area (Å²) in [7, 11) is 0. The van der Waals surface area contributed by atoms with Crippen molar-refractivity contribution in [3.05, 3.63) is 69.3 Å². The molecule has 0 atom stereocenters. The highest BCUT2D eigenvalue weighted by atomic mass is 32.1. The minimum atomic E-state index is 0.608. The van der Waals surface area contributed by atoms with Crippen LogP contribution in [0.15, 0.2) is 52.8 Å². The monoisotopic (exact) mass is 334 g/mol. The van der Waals surface area contributed by atoms with E-state index in [1.807, 2.05) is 0 Å². The summed E-state index contributed by atoms with van der Waals surface area (Å²) in [5, 5.41) is 2.26. The van der Waals surface area contributed by atoms with Crippen LogP contribution in [0.5, 0.6) is 0 Å². The largest absolute Gasteiger partial charge is 0.313 e. The van der Waals surface area contributed by atoms with Crippen LogP contribution < -0.4 is 4.80 Å². The summed E-state index contributed by atoms with van der Waals surface area (Å²) in [6.07, 6.45) is 2.52. The molecule has 0 radical (unpaired) electrons. The molecule has 3 heteroatoms. The zero-order valence-corrected chi connectivity index (χ0v) is 15.2. The van der Waals surface area contributed by atoms with Gasteiger partial charge in [-0.05, 0) is 68.5 Å². The second-order valence-electron chi connectivity index (χ2n) is 6.75. The number of nitrogens with zero attached hydrogens (tertiary/aromatic N) is 2. The van der Waals surface area contributed by atoms with Gasteiger partial charge in [0.25, 0.3) is 0 Å². The zero-order valence-electron chi connectivity index (χ0n) is 14.4. The maximum atomic E-state index is 4.91. The van der Waals surface area contributed by atoms with Gasteiger partial charge in [-0.1, -0.05) is 29.8 Å². The van der Waals surface area contributed by atoms with E-state index in [4.69, 9.17) is 4.99 Å². The van der Waals surface area contributed by atoms with Gasteiger partial charge in [0.15, 0.2) is 4.80 Å². The smallest absolute Gasteiger partial charge is 0.190 e. The summed E-state index contributed by atoms with van der Waals surface area (Å²) in [5.41, 5.74) is 7.59. The van der Waals surface area contributed by atoms with Crippen LogP contribution in [-0.4, -0.2) is 4.57 Å². The predicted octanol–water partition coefficient (Wildman–Crippen LogP) is 5.71. The van der Waals surface area contributed by atoms with Crippen molar-refractivity contribution in [2.45, 2.75) is 39.7 Å². The first-order valence-corrected chi connectivity index (χ1v) is 9.39. The van der Waals surface area contributed by atoms with Crippen molar-refractivity contribution in [2.24, 2.45) is 4.99 Å². The van der Waals surface area contributed by atoms with Gasteiger partial charge in [0, 0.05) is 11.4 Å². The molecule has 3 aromatic rings. The Balaban J connectivity index is 1.83. The zero-order chi connectivity index (χ0) is 16.7. The number of aromatic nitrogens is 1. The fraction of sp³-hybridized carbons (Fsp3) is 0.286. The van der Waals surface area contributed by atoms with E-state index >= 15 is 0 Å². The van der Waals surface area contributed by atoms with Gasteiger partial charge in [0.1, 0.15) is 0 Å². The van der Waals surface area contributed by atoms with Gasteiger partial charge in [-0.2, -0.15) is 0 Å². The summed E-state index contributed by atoms with van der Waals surface area (Å²) >= 11 is 1.74. The Kier molecular flexibility index (Phi) is 3.89. The van der Waals surface area contributed by atoms with Crippen LogP contribution in [-0.2, 0) is 0 Å². The highest BCUT2D eigenvalue weighted by molar-refractivity contribution is 7.07. The van der Waals surface area contributed by atoms with Crippen molar-refractivity contribution < 1.29 is 0 Å². The standard InChI is InChI=1S/C21H22N2S/c1-14-4-8-18(9-5-14)22-21-23(19-10-11-19)20(13-24-21)17-7-6-15(2)16(3)12-17/h4-9,12-13,19H,10-11H2,1-3H3. The average Bonchev–Trinajstić information content (AvgIpc) is 3.33. The lowest BCUT2D eigenvalue weighted by atomic mass is 10.0. The van der Waals surface area contributed by atoms with Gasteiger partial charge in [-0.25, -0.2) is 4.99 Å². The molecule has 122 valence electrons. The Labute approximate surface area is 147 Å².